The number of rotatable bonds is 6. The van der Waals surface area contributed by atoms with Gasteiger partial charge in [0.25, 0.3) is 5.89 Å². The number of nitrogens with zero attached hydrogens (tertiary/aromatic N) is 5. The first-order chi connectivity index (χ1) is 13.7. The molecule has 0 unspecified atom stereocenters. The van der Waals surface area contributed by atoms with Crippen molar-refractivity contribution in [2.75, 3.05) is 19.1 Å². The maximum atomic E-state index is 5.40. The smallest absolute Gasteiger partial charge is 0.259 e. The minimum Gasteiger partial charge on any atom is -0.497 e. The molecule has 0 N–H and O–H groups in total. The third-order valence-electron chi connectivity index (χ3n) is 4.60. The Morgan fingerprint density at radius 2 is 1.79 bits per heavy atom. The summed E-state index contributed by atoms with van der Waals surface area (Å²) in [4.78, 5) is 11.0. The average Bonchev–Trinajstić information content (AvgIpc) is 3.45. The van der Waals surface area contributed by atoms with E-state index in [1.54, 1.807) is 19.6 Å². The van der Waals surface area contributed by atoms with Crippen LogP contribution in [-0.2, 0) is 0 Å². The van der Waals surface area contributed by atoms with E-state index in [1.807, 2.05) is 61.3 Å². The van der Waals surface area contributed by atoms with Crippen molar-refractivity contribution >= 4 is 5.82 Å². The summed E-state index contributed by atoms with van der Waals surface area (Å²) in [5.41, 5.74) is 2.44. The maximum absolute atomic E-state index is 5.40. The van der Waals surface area contributed by atoms with Crippen LogP contribution in [0.5, 0.6) is 5.75 Å². The Kier molecular flexibility index (Phi) is 4.76. The van der Waals surface area contributed by atoms with Gasteiger partial charge in [-0.05, 0) is 43.3 Å². The highest BCUT2D eigenvalue weighted by molar-refractivity contribution is 5.61. The lowest BCUT2D eigenvalue weighted by Crippen LogP contribution is -2.22. The molecule has 8 nitrogen and oxygen atoms in total. The quantitative estimate of drug-likeness (QED) is 0.498. The minimum atomic E-state index is 0.0298. The molecule has 0 saturated carbocycles. The second kappa shape index (κ2) is 7.51. The number of hydrogen-bond donors (Lipinski definition) is 0. The molecule has 0 fully saturated rings. The Hall–Kier alpha value is -3.68. The van der Waals surface area contributed by atoms with Gasteiger partial charge in [-0.1, -0.05) is 10.3 Å². The average molecular weight is 377 g/mol. The number of anilines is 1. The van der Waals surface area contributed by atoms with Gasteiger partial charge < -0.3 is 18.7 Å². The van der Waals surface area contributed by atoms with E-state index < -0.39 is 0 Å². The molecular formula is C20H19N5O3. The first-order valence-electron chi connectivity index (χ1n) is 8.73. The fourth-order valence-corrected chi connectivity index (χ4v) is 2.75. The van der Waals surface area contributed by atoms with Crippen LogP contribution in [0.4, 0.5) is 5.82 Å². The van der Waals surface area contributed by atoms with Gasteiger partial charge in [-0.2, -0.15) is 4.98 Å². The lowest BCUT2D eigenvalue weighted by molar-refractivity contribution is 0.406. The first-order valence-corrected chi connectivity index (χ1v) is 8.73. The maximum Gasteiger partial charge on any atom is 0.259 e. The van der Waals surface area contributed by atoms with Crippen molar-refractivity contribution in [3.63, 3.8) is 0 Å². The van der Waals surface area contributed by atoms with Crippen LogP contribution in [0, 0.1) is 0 Å². The highest BCUT2D eigenvalue weighted by Gasteiger charge is 2.17. The van der Waals surface area contributed by atoms with Crippen LogP contribution in [0.15, 0.2) is 64.0 Å². The second-order valence-electron chi connectivity index (χ2n) is 6.27. The zero-order chi connectivity index (χ0) is 19.5. The fourth-order valence-electron chi connectivity index (χ4n) is 2.75. The van der Waals surface area contributed by atoms with E-state index in [-0.39, 0.29) is 6.04 Å². The third kappa shape index (κ3) is 3.44. The van der Waals surface area contributed by atoms with E-state index in [9.17, 15) is 0 Å². The van der Waals surface area contributed by atoms with Crippen LogP contribution in [-0.4, -0.2) is 34.4 Å². The molecule has 4 aromatic rings. The lowest BCUT2D eigenvalue weighted by Gasteiger charge is -2.24. The van der Waals surface area contributed by atoms with E-state index in [2.05, 4.69) is 20.3 Å². The topological polar surface area (TPSA) is 90.3 Å². The van der Waals surface area contributed by atoms with Crippen LogP contribution in [0.25, 0.3) is 22.8 Å². The largest absolute Gasteiger partial charge is 0.497 e. The molecule has 0 radical (unpaired) electrons. The monoisotopic (exact) mass is 377 g/mol. The second-order valence-corrected chi connectivity index (χ2v) is 6.27. The van der Waals surface area contributed by atoms with Gasteiger partial charge in [-0.25, -0.2) is 4.98 Å². The molecule has 142 valence electrons. The summed E-state index contributed by atoms with van der Waals surface area (Å²) in [6.45, 7) is 2.03. The fraction of sp³-hybridized carbons (Fsp3) is 0.200. The summed E-state index contributed by atoms with van der Waals surface area (Å²) < 4.78 is 15.5. The van der Waals surface area contributed by atoms with Gasteiger partial charge in [0.1, 0.15) is 23.5 Å². The van der Waals surface area contributed by atoms with E-state index in [4.69, 9.17) is 13.8 Å². The summed E-state index contributed by atoms with van der Waals surface area (Å²) in [7, 11) is 3.58. The molecule has 4 rings (SSSR count). The van der Waals surface area contributed by atoms with Crippen molar-refractivity contribution in [2.24, 2.45) is 0 Å². The van der Waals surface area contributed by atoms with E-state index in [1.165, 1.54) is 0 Å². The van der Waals surface area contributed by atoms with Gasteiger partial charge in [0.2, 0.25) is 5.82 Å². The Labute approximate surface area is 161 Å². The number of ether oxygens (including phenoxy) is 1. The molecule has 0 aliphatic rings. The standard InChI is InChI=1S/C20H19N5O3/c1-13(17-10-11-27-23-17)25(2)18-9-6-15(12-21-18)20-22-19(24-28-20)14-4-7-16(26-3)8-5-14/h4-13H,1-3H3/t13-/m0/s1. The Balaban J connectivity index is 1.52. The van der Waals surface area contributed by atoms with E-state index >= 15 is 0 Å². The van der Waals surface area contributed by atoms with Crippen molar-refractivity contribution in [1.82, 2.24) is 20.3 Å². The Bertz CT molecular complexity index is 1030. The van der Waals surface area contributed by atoms with Gasteiger partial charge in [0.15, 0.2) is 0 Å². The predicted molar refractivity (Wildman–Crippen MR) is 103 cm³/mol. The zero-order valence-corrected chi connectivity index (χ0v) is 15.7. The van der Waals surface area contributed by atoms with Crippen LogP contribution in [0.1, 0.15) is 18.7 Å². The van der Waals surface area contributed by atoms with Crippen LogP contribution in [0.3, 0.4) is 0 Å². The molecular weight excluding hydrogens is 358 g/mol. The summed E-state index contributed by atoms with van der Waals surface area (Å²) in [6.07, 6.45) is 3.28. The normalized spacial score (nSPS) is 12.0. The van der Waals surface area contributed by atoms with Crippen LogP contribution >= 0.6 is 0 Å². The van der Waals surface area contributed by atoms with Gasteiger partial charge in [-0.3, -0.25) is 0 Å². The van der Waals surface area contributed by atoms with Crippen LogP contribution < -0.4 is 9.64 Å². The van der Waals surface area contributed by atoms with Crippen molar-refractivity contribution in [2.45, 2.75) is 13.0 Å². The summed E-state index contributed by atoms with van der Waals surface area (Å²) >= 11 is 0. The molecule has 8 heteroatoms. The molecule has 0 aliphatic heterocycles. The molecule has 28 heavy (non-hydrogen) atoms. The molecule has 3 heterocycles. The summed E-state index contributed by atoms with van der Waals surface area (Å²) in [5.74, 6) is 2.50. The summed E-state index contributed by atoms with van der Waals surface area (Å²) in [5, 5.41) is 8.04. The lowest BCUT2D eigenvalue weighted by atomic mass is 10.2. The van der Waals surface area contributed by atoms with Crippen molar-refractivity contribution in [3.8, 4) is 28.6 Å². The minimum absolute atomic E-state index is 0.0298. The number of methoxy groups -OCH3 is 1. The van der Waals surface area contributed by atoms with Crippen molar-refractivity contribution in [1.29, 1.82) is 0 Å². The van der Waals surface area contributed by atoms with E-state index in [0.29, 0.717) is 11.7 Å². The molecule has 3 aromatic heterocycles. The molecule has 1 aromatic carbocycles. The molecule has 1 atom stereocenters. The number of pyridine rings is 1. The predicted octanol–water partition coefficient (Wildman–Crippen LogP) is 3.99. The van der Waals surface area contributed by atoms with Gasteiger partial charge in [0, 0.05) is 24.9 Å². The van der Waals surface area contributed by atoms with Crippen molar-refractivity contribution in [3.05, 3.63) is 60.6 Å². The SMILES string of the molecule is COc1ccc(-c2noc(-c3ccc(N(C)[C@@H](C)c4ccon4)nc3)n2)cc1. The van der Waals surface area contributed by atoms with Crippen molar-refractivity contribution < 1.29 is 13.8 Å². The number of hydrogen-bond acceptors (Lipinski definition) is 8. The number of aromatic nitrogens is 4. The molecule has 0 aliphatic carbocycles. The van der Waals surface area contributed by atoms with Gasteiger partial charge >= 0.3 is 0 Å². The van der Waals surface area contributed by atoms with Gasteiger partial charge in [-0.15, -0.1) is 0 Å². The van der Waals surface area contributed by atoms with E-state index in [0.717, 1.165) is 28.4 Å². The number of benzene rings is 1. The molecule has 0 saturated heterocycles. The zero-order valence-electron chi connectivity index (χ0n) is 15.7. The molecule has 0 bridgehead atoms. The molecule has 0 amide bonds. The third-order valence-corrected chi connectivity index (χ3v) is 4.60. The van der Waals surface area contributed by atoms with Crippen LogP contribution in [0.2, 0.25) is 0 Å². The summed E-state index contributed by atoms with van der Waals surface area (Å²) in [6, 6.07) is 13.2. The highest BCUT2D eigenvalue weighted by atomic mass is 16.5. The Morgan fingerprint density at radius 1 is 1.00 bits per heavy atom. The highest BCUT2D eigenvalue weighted by Crippen LogP contribution is 2.26. The van der Waals surface area contributed by atoms with Gasteiger partial charge in [0.05, 0.1) is 18.7 Å². The molecule has 0 spiro atoms. The Morgan fingerprint density at radius 3 is 2.43 bits per heavy atom. The first kappa shape index (κ1) is 17.7.